The van der Waals surface area contributed by atoms with Crippen LogP contribution in [0, 0.1) is 18.8 Å². The summed E-state index contributed by atoms with van der Waals surface area (Å²) in [7, 11) is 0. The molecule has 4 nitrogen and oxygen atoms in total. The molecular weight excluding hydrogens is 274 g/mol. The molecule has 20 heavy (non-hydrogen) atoms. The van der Waals surface area contributed by atoms with Gasteiger partial charge in [0.15, 0.2) is 0 Å². The SMILES string of the molecule is Cc1ccsc1[C@H]1C[C@@H]1C(=O)N1CCC(C(=O)O)CC1. The maximum atomic E-state index is 12.4. The van der Waals surface area contributed by atoms with Crippen LogP contribution in [0.15, 0.2) is 11.4 Å². The normalized spacial score (nSPS) is 26.6. The van der Waals surface area contributed by atoms with Gasteiger partial charge in [-0.3, -0.25) is 9.59 Å². The molecule has 2 atom stereocenters. The zero-order valence-corrected chi connectivity index (χ0v) is 12.4. The van der Waals surface area contributed by atoms with E-state index in [4.69, 9.17) is 5.11 Å². The number of piperidine rings is 1. The molecule has 2 heterocycles. The van der Waals surface area contributed by atoms with Crippen molar-refractivity contribution in [3.8, 4) is 0 Å². The van der Waals surface area contributed by atoms with E-state index < -0.39 is 5.97 Å². The Balaban J connectivity index is 1.57. The maximum absolute atomic E-state index is 12.4. The number of aliphatic carboxylic acids is 1. The number of carbonyl (C=O) groups is 2. The first-order chi connectivity index (χ1) is 9.58. The van der Waals surface area contributed by atoms with E-state index in [1.165, 1.54) is 10.4 Å². The number of nitrogens with zero attached hydrogens (tertiary/aromatic N) is 1. The monoisotopic (exact) mass is 293 g/mol. The summed E-state index contributed by atoms with van der Waals surface area (Å²) < 4.78 is 0. The summed E-state index contributed by atoms with van der Waals surface area (Å²) in [5.74, 6) is -0.232. The molecule has 1 aromatic rings. The standard InChI is InChI=1S/C15H19NO3S/c1-9-4-7-20-13(9)11-8-12(11)14(17)16-5-2-10(3-6-16)15(18)19/h4,7,10-12H,2-3,5-6,8H2,1H3,(H,18,19)/t11-,12-/m0/s1. The smallest absolute Gasteiger partial charge is 0.306 e. The molecule has 0 spiro atoms. The number of hydrogen-bond acceptors (Lipinski definition) is 3. The van der Waals surface area contributed by atoms with Crippen LogP contribution in [0.2, 0.25) is 0 Å². The zero-order chi connectivity index (χ0) is 14.3. The third-order valence-electron chi connectivity index (χ3n) is 4.50. The molecule has 1 N–H and O–H groups in total. The van der Waals surface area contributed by atoms with Crippen molar-refractivity contribution in [2.75, 3.05) is 13.1 Å². The van der Waals surface area contributed by atoms with Crippen LogP contribution in [0.1, 0.15) is 35.6 Å². The number of thiophene rings is 1. The highest BCUT2D eigenvalue weighted by Gasteiger charge is 2.47. The van der Waals surface area contributed by atoms with E-state index in [2.05, 4.69) is 18.4 Å². The van der Waals surface area contributed by atoms with Crippen molar-refractivity contribution in [2.24, 2.45) is 11.8 Å². The van der Waals surface area contributed by atoms with Crippen molar-refractivity contribution in [1.29, 1.82) is 0 Å². The Morgan fingerprint density at radius 1 is 1.35 bits per heavy atom. The fourth-order valence-corrected chi connectivity index (χ4v) is 4.21. The number of aryl methyl sites for hydroxylation is 1. The van der Waals surface area contributed by atoms with Crippen LogP contribution in [0.25, 0.3) is 0 Å². The van der Waals surface area contributed by atoms with Crippen LogP contribution < -0.4 is 0 Å². The molecule has 108 valence electrons. The van der Waals surface area contributed by atoms with Gasteiger partial charge in [0.25, 0.3) is 0 Å². The second-order valence-electron chi connectivity index (χ2n) is 5.85. The number of rotatable bonds is 3. The van der Waals surface area contributed by atoms with Crippen molar-refractivity contribution < 1.29 is 14.7 Å². The van der Waals surface area contributed by atoms with Gasteiger partial charge in [0.1, 0.15) is 0 Å². The Bertz CT molecular complexity index is 531. The molecule has 1 saturated heterocycles. The Hall–Kier alpha value is -1.36. The van der Waals surface area contributed by atoms with Gasteiger partial charge in [0.05, 0.1) is 5.92 Å². The summed E-state index contributed by atoms with van der Waals surface area (Å²) in [6.45, 7) is 3.30. The van der Waals surface area contributed by atoms with E-state index in [1.807, 2.05) is 4.90 Å². The number of carbonyl (C=O) groups excluding carboxylic acids is 1. The van der Waals surface area contributed by atoms with Crippen LogP contribution in [0.3, 0.4) is 0 Å². The highest BCUT2D eigenvalue weighted by atomic mass is 32.1. The molecule has 1 amide bonds. The molecule has 2 aliphatic rings. The first-order valence-corrected chi connectivity index (χ1v) is 8.01. The van der Waals surface area contributed by atoms with Crippen LogP contribution >= 0.6 is 11.3 Å². The van der Waals surface area contributed by atoms with E-state index in [0.29, 0.717) is 31.8 Å². The van der Waals surface area contributed by atoms with Gasteiger partial charge in [-0.25, -0.2) is 0 Å². The molecule has 0 radical (unpaired) electrons. The van der Waals surface area contributed by atoms with Gasteiger partial charge in [-0.05, 0) is 43.2 Å². The number of carboxylic acids is 1. The van der Waals surface area contributed by atoms with Crippen molar-refractivity contribution in [3.63, 3.8) is 0 Å². The van der Waals surface area contributed by atoms with Gasteiger partial charge in [-0.2, -0.15) is 0 Å². The quantitative estimate of drug-likeness (QED) is 0.931. The van der Waals surface area contributed by atoms with Crippen molar-refractivity contribution in [1.82, 2.24) is 4.90 Å². The molecule has 0 aromatic carbocycles. The molecule has 1 saturated carbocycles. The minimum Gasteiger partial charge on any atom is -0.481 e. The molecule has 2 fully saturated rings. The summed E-state index contributed by atoms with van der Waals surface area (Å²) in [4.78, 5) is 26.6. The van der Waals surface area contributed by atoms with Gasteiger partial charge in [-0.1, -0.05) is 0 Å². The first kappa shape index (κ1) is 13.6. The summed E-state index contributed by atoms with van der Waals surface area (Å²) in [6.07, 6.45) is 2.14. The van der Waals surface area contributed by atoms with Gasteiger partial charge in [-0.15, -0.1) is 11.3 Å². The van der Waals surface area contributed by atoms with Gasteiger partial charge in [0, 0.05) is 29.8 Å². The minimum absolute atomic E-state index is 0.133. The number of hydrogen-bond donors (Lipinski definition) is 1. The van der Waals surface area contributed by atoms with Crippen molar-refractivity contribution >= 4 is 23.2 Å². The molecule has 5 heteroatoms. The average Bonchev–Trinajstić information content (AvgIpc) is 3.12. The van der Waals surface area contributed by atoms with E-state index in [1.54, 1.807) is 11.3 Å². The lowest BCUT2D eigenvalue weighted by Crippen LogP contribution is -2.41. The number of carboxylic acid groups (broad SMARTS) is 1. The Morgan fingerprint density at radius 3 is 2.60 bits per heavy atom. The molecular formula is C15H19NO3S. The topological polar surface area (TPSA) is 57.6 Å². The highest BCUT2D eigenvalue weighted by Crippen LogP contribution is 2.51. The van der Waals surface area contributed by atoms with E-state index in [-0.39, 0.29) is 17.7 Å². The van der Waals surface area contributed by atoms with E-state index in [0.717, 1.165) is 6.42 Å². The Labute approximate surface area is 122 Å². The molecule has 1 aliphatic carbocycles. The van der Waals surface area contributed by atoms with E-state index >= 15 is 0 Å². The second-order valence-corrected chi connectivity index (χ2v) is 6.80. The van der Waals surface area contributed by atoms with Gasteiger partial charge >= 0.3 is 5.97 Å². The van der Waals surface area contributed by atoms with Gasteiger partial charge < -0.3 is 10.0 Å². The summed E-state index contributed by atoms with van der Waals surface area (Å²) in [5.41, 5.74) is 1.29. The molecule has 3 rings (SSSR count). The third kappa shape index (κ3) is 2.46. The highest BCUT2D eigenvalue weighted by molar-refractivity contribution is 7.10. The minimum atomic E-state index is -0.726. The summed E-state index contributed by atoms with van der Waals surface area (Å²) in [6, 6.07) is 2.11. The third-order valence-corrected chi connectivity index (χ3v) is 5.65. The first-order valence-electron chi connectivity index (χ1n) is 7.13. The van der Waals surface area contributed by atoms with Crippen LogP contribution in [-0.2, 0) is 9.59 Å². The predicted molar refractivity (Wildman–Crippen MR) is 76.8 cm³/mol. The van der Waals surface area contributed by atoms with Crippen LogP contribution in [0.4, 0.5) is 0 Å². The summed E-state index contributed by atoms with van der Waals surface area (Å²) >= 11 is 1.74. The summed E-state index contributed by atoms with van der Waals surface area (Å²) in [5, 5.41) is 11.1. The molecule has 1 aromatic heterocycles. The van der Waals surface area contributed by atoms with Crippen LogP contribution in [-0.4, -0.2) is 35.0 Å². The maximum Gasteiger partial charge on any atom is 0.306 e. The molecule has 0 unspecified atom stereocenters. The number of amides is 1. The second kappa shape index (κ2) is 5.20. The molecule has 0 bridgehead atoms. The van der Waals surface area contributed by atoms with Crippen LogP contribution in [0.5, 0.6) is 0 Å². The predicted octanol–water partition coefficient (Wildman–Crippen LogP) is 2.48. The lowest BCUT2D eigenvalue weighted by Gasteiger charge is -2.30. The number of likely N-dealkylation sites (tertiary alicyclic amines) is 1. The van der Waals surface area contributed by atoms with Crippen molar-refractivity contribution in [2.45, 2.75) is 32.1 Å². The largest absolute Gasteiger partial charge is 0.481 e. The fraction of sp³-hybridized carbons (Fsp3) is 0.600. The fourth-order valence-electron chi connectivity index (χ4n) is 3.10. The Morgan fingerprint density at radius 2 is 2.05 bits per heavy atom. The lowest BCUT2D eigenvalue weighted by molar-refractivity contribution is -0.146. The molecule has 1 aliphatic heterocycles. The van der Waals surface area contributed by atoms with Crippen molar-refractivity contribution in [3.05, 3.63) is 21.9 Å². The van der Waals surface area contributed by atoms with Gasteiger partial charge in [0.2, 0.25) is 5.91 Å². The zero-order valence-electron chi connectivity index (χ0n) is 11.5. The average molecular weight is 293 g/mol. The Kier molecular flexibility index (Phi) is 3.54. The van der Waals surface area contributed by atoms with E-state index in [9.17, 15) is 9.59 Å². The lowest BCUT2D eigenvalue weighted by atomic mass is 9.97.